The Morgan fingerprint density at radius 3 is 2.48 bits per heavy atom. The molecular formula is C15H24N2O3S. The van der Waals surface area contributed by atoms with E-state index in [9.17, 15) is 9.59 Å². The van der Waals surface area contributed by atoms with Gasteiger partial charge in [-0.3, -0.25) is 9.59 Å². The van der Waals surface area contributed by atoms with Gasteiger partial charge in [-0.2, -0.15) is 11.8 Å². The summed E-state index contributed by atoms with van der Waals surface area (Å²) in [6.07, 6.45) is 4.72. The number of carbonyl (C=O) groups excluding carboxylic acids is 1. The molecule has 3 saturated heterocycles. The molecule has 3 unspecified atom stereocenters. The molecule has 0 spiro atoms. The number of nitrogens with one attached hydrogen (secondary N) is 1. The Balaban J connectivity index is 1.56. The van der Waals surface area contributed by atoms with Crippen LogP contribution in [-0.2, 0) is 9.59 Å². The molecule has 3 aliphatic heterocycles. The molecule has 0 aromatic heterocycles. The number of rotatable bonds is 4. The van der Waals surface area contributed by atoms with Gasteiger partial charge in [0.2, 0.25) is 5.91 Å². The van der Waals surface area contributed by atoms with Gasteiger partial charge in [0.1, 0.15) is 0 Å². The molecule has 0 aromatic carbocycles. The third-order valence-electron chi connectivity index (χ3n) is 5.00. The van der Waals surface area contributed by atoms with Crippen molar-refractivity contribution in [1.82, 2.24) is 10.2 Å². The van der Waals surface area contributed by atoms with E-state index in [2.05, 4.69) is 10.2 Å². The summed E-state index contributed by atoms with van der Waals surface area (Å²) in [6, 6.07) is 0.890. The lowest BCUT2D eigenvalue weighted by atomic mass is 9.88. The number of hydrogen-bond acceptors (Lipinski definition) is 4. The predicted octanol–water partition coefficient (Wildman–Crippen LogP) is 1.33. The highest BCUT2D eigenvalue weighted by Gasteiger charge is 2.43. The fourth-order valence-electron chi connectivity index (χ4n) is 4.18. The number of hydrogen-bond donors (Lipinski definition) is 2. The van der Waals surface area contributed by atoms with Crippen molar-refractivity contribution in [3.8, 4) is 0 Å². The highest BCUT2D eigenvalue weighted by atomic mass is 32.2. The third kappa shape index (κ3) is 3.54. The highest BCUT2D eigenvalue weighted by Crippen LogP contribution is 2.40. The van der Waals surface area contributed by atoms with Crippen LogP contribution in [0.15, 0.2) is 0 Å². The molecular weight excluding hydrogens is 288 g/mol. The van der Waals surface area contributed by atoms with Crippen LogP contribution < -0.4 is 5.32 Å². The van der Waals surface area contributed by atoms with Gasteiger partial charge in [-0.25, -0.2) is 0 Å². The fraction of sp³-hybridized carbons (Fsp3) is 0.867. The summed E-state index contributed by atoms with van der Waals surface area (Å²) in [5.74, 6) is 1.99. The lowest BCUT2D eigenvalue weighted by molar-refractivity contribution is -0.140. The Labute approximate surface area is 129 Å². The molecule has 0 aromatic rings. The average molecular weight is 312 g/mol. The number of carbonyl (C=O) groups is 2. The number of nitrogens with zero attached hydrogens (tertiary/aromatic N) is 1. The van der Waals surface area contributed by atoms with E-state index in [-0.39, 0.29) is 30.3 Å². The second kappa shape index (κ2) is 6.57. The van der Waals surface area contributed by atoms with Crippen molar-refractivity contribution < 1.29 is 14.7 Å². The SMILES string of the molecule is O=C(O)CC1CC2CCC(C1)N2C(=O)CC1CSCCN1. The van der Waals surface area contributed by atoms with Crippen molar-refractivity contribution in [3.63, 3.8) is 0 Å². The summed E-state index contributed by atoms with van der Waals surface area (Å²) >= 11 is 1.92. The molecule has 6 heteroatoms. The van der Waals surface area contributed by atoms with E-state index in [1.807, 2.05) is 11.8 Å². The minimum absolute atomic E-state index is 0.257. The zero-order chi connectivity index (χ0) is 14.8. The number of amides is 1. The fourth-order valence-corrected chi connectivity index (χ4v) is 5.13. The first-order valence-electron chi connectivity index (χ1n) is 7.97. The van der Waals surface area contributed by atoms with Gasteiger partial charge in [-0.1, -0.05) is 0 Å². The van der Waals surface area contributed by atoms with E-state index in [1.54, 1.807) is 0 Å². The first-order chi connectivity index (χ1) is 10.1. The molecule has 2 bridgehead atoms. The molecule has 1 amide bonds. The van der Waals surface area contributed by atoms with Crippen LogP contribution in [-0.4, -0.2) is 58.1 Å². The lowest BCUT2D eigenvalue weighted by Crippen LogP contribution is -2.49. The lowest BCUT2D eigenvalue weighted by Gasteiger charge is -2.39. The van der Waals surface area contributed by atoms with Gasteiger partial charge in [0.05, 0.1) is 0 Å². The zero-order valence-corrected chi connectivity index (χ0v) is 13.1. The standard InChI is InChI=1S/C15H24N2O3S/c18-14(8-11-9-21-4-3-16-11)17-12-1-2-13(17)6-10(5-12)7-15(19)20/h10-13,16H,1-9H2,(H,19,20). The number of aliphatic carboxylic acids is 1. The largest absolute Gasteiger partial charge is 0.481 e. The summed E-state index contributed by atoms with van der Waals surface area (Å²) < 4.78 is 0. The van der Waals surface area contributed by atoms with Crippen molar-refractivity contribution in [3.05, 3.63) is 0 Å². The molecule has 0 saturated carbocycles. The molecule has 5 nitrogen and oxygen atoms in total. The second-order valence-corrected chi connectivity index (χ2v) is 7.70. The van der Waals surface area contributed by atoms with E-state index in [4.69, 9.17) is 5.11 Å². The van der Waals surface area contributed by atoms with Gasteiger partial charge in [0.15, 0.2) is 0 Å². The highest BCUT2D eigenvalue weighted by molar-refractivity contribution is 7.99. The molecule has 2 N–H and O–H groups in total. The van der Waals surface area contributed by atoms with E-state index in [0.29, 0.717) is 12.5 Å². The first kappa shape index (κ1) is 15.2. The van der Waals surface area contributed by atoms with Crippen LogP contribution in [0.25, 0.3) is 0 Å². The quantitative estimate of drug-likeness (QED) is 0.819. The van der Waals surface area contributed by atoms with Crippen molar-refractivity contribution in [2.45, 2.75) is 56.7 Å². The van der Waals surface area contributed by atoms with E-state index in [0.717, 1.165) is 43.7 Å². The molecule has 3 fully saturated rings. The van der Waals surface area contributed by atoms with Crippen LogP contribution in [0.1, 0.15) is 38.5 Å². The van der Waals surface area contributed by atoms with E-state index in [1.165, 1.54) is 0 Å². The Bertz CT molecular complexity index is 398. The van der Waals surface area contributed by atoms with Crippen LogP contribution >= 0.6 is 11.8 Å². The second-order valence-electron chi connectivity index (χ2n) is 6.55. The summed E-state index contributed by atoms with van der Waals surface area (Å²) in [4.78, 5) is 25.6. The number of carboxylic acid groups (broad SMARTS) is 1. The van der Waals surface area contributed by atoms with Gasteiger partial charge in [-0.15, -0.1) is 0 Å². The van der Waals surface area contributed by atoms with Crippen LogP contribution in [0.4, 0.5) is 0 Å². The Morgan fingerprint density at radius 2 is 1.90 bits per heavy atom. The number of piperidine rings is 1. The smallest absolute Gasteiger partial charge is 0.303 e. The van der Waals surface area contributed by atoms with Gasteiger partial charge in [-0.05, 0) is 31.6 Å². The van der Waals surface area contributed by atoms with Gasteiger partial charge < -0.3 is 15.3 Å². The van der Waals surface area contributed by atoms with Gasteiger partial charge in [0, 0.05) is 49.0 Å². The monoisotopic (exact) mass is 312 g/mol. The molecule has 0 aliphatic carbocycles. The molecule has 21 heavy (non-hydrogen) atoms. The van der Waals surface area contributed by atoms with Crippen molar-refractivity contribution in [2.24, 2.45) is 5.92 Å². The van der Waals surface area contributed by atoms with Crippen molar-refractivity contribution >= 4 is 23.6 Å². The number of thioether (sulfide) groups is 1. The molecule has 118 valence electrons. The van der Waals surface area contributed by atoms with Crippen LogP contribution in [0.5, 0.6) is 0 Å². The van der Waals surface area contributed by atoms with Crippen molar-refractivity contribution in [1.29, 1.82) is 0 Å². The maximum Gasteiger partial charge on any atom is 0.303 e. The zero-order valence-electron chi connectivity index (χ0n) is 12.3. The Kier molecular flexibility index (Phi) is 4.74. The molecule has 3 heterocycles. The summed E-state index contributed by atoms with van der Waals surface area (Å²) in [6.45, 7) is 0.996. The summed E-state index contributed by atoms with van der Waals surface area (Å²) in [7, 11) is 0. The topological polar surface area (TPSA) is 69.6 Å². The summed E-state index contributed by atoms with van der Waals surface area (Å²) in [5, 5.41) is 12.4. The van der Waals surface area contributed by atoms with Crippen LogP contribution in [0, 0.1) is 5.92 Å². The Hall–Kier alpha value is -0.750. The maximum atomic E-state index is 12.6. The van der Waals surface area contributed by atoms with Gasteiger partial charge >= 0.3 is 5.97 Å². The maximum absolute atomic E-state index is 12.6. The Morgan fingerprint density at radius 1 is 1.19 bits per heavy atom. The molecule has 3 aliphatic rings. The molecule has 0 radical (unpaired) electrons. The van der Waals surface area contributed by atoms with E-state index >= 15 is 0 Å². The van der Waals surface area contributed by atoms with Crippen LogP contribution in [0.2, 0.25) is 0 Å². The van der Waals surface area contributed by atoms with Crippen molar-refractivity contribution in [2.75, 3.05) is 18.1 Å². The van der Waals surface area contributed by atoms with Gasteiger partial charge in [0.25, 0.3) is 0 Å². The predicted molar refractivity (Wildman–Crippen MR) is 82.4 cm³/mol. The molecule has 3 rings (SSSR count). The first-order valence-corrected chi connectivity index (χ1v) is 9.13. The minimum Gasteiger partial charge on any atom is -0.481 e. The van der Waals surface area contributed by atoms with E-state index < -0.39 is 5.97 Å². The molecule has 3 atom stereocenters. The third-order valence-corrected chi connectivity index (χ3v) is 6.13. The number of fused-ring (bicyclic) bond motifs is 2. The average Bonchev–Trinajstić information content (AvgIpc) is 2.71. The van der Waals surface area contributed by atoms with Crippen LogP contribution in [0.3, 0.4) is 0 Å². The minimum atomic E-state index is -0.706. The normalized spacial score (nSPS) is 35.7. The summed E-state index contributed by atoms with van der Waals surface area (Å²) in [5.41, 5.74) is 0. The number of carboxylic acids is 1.